The number of anilines is 1. The number of carbonyl (C=O) groups excluding carboxylic acids is 1. The quantitative estimate of drug-likeness (QED) is 0.809. The van der Waals surface area contributed by atoms with E-state index in [0.717, 1.165) is 0 Å². The lowest BCUT2D eigenvalue weighted by atomic mass is 10.1. The average molecular weight is 401 g/mol. The summed E-state index contributed by atoms with van der Waals surface area (Å²) in [5, 5.41) is 3.38. The van der Waals surface area contributed by atoms with E-state index in [2.05, 4.69) is 21.2 Å². The molecular formula is C16H15BrClNO4. The summed E-state index contributed by atoms with van der Waals surface area (Å²) in [7, 11) is 4.48. The summed E-state index contributed by atoms with van der Waals surface area (Å²) in [4.78, 5) is 12.5. The summed E-state index contributed by atoms with van der Waals surface area (Å²) >= 11 is 9.22. The van der Waals surface area contributed by atoms with Crippen LogP contribution in [0.4, 0.5) is 5.69 Å². The third kappa shape index (κ3) is 3.71. The van der Waals surface area contributed by atoms with Crippen LogP contribution in [-0.2, 0) is 0 Å². The zero-order chi connectivity index (χ0) is 17.0. The van der Waals surface area contributed by atoms with Crippen LogP contribution in [0.1, 0.15) is 10.4 Å². The summed E-state index contributed by atoms with van der Waals surface area (Å²) < 4.78 is 16.3. The molecule has 0 bridgehead atoms. The lowest BCUT2D eigenvalue weighted by Crippen LogP contribution is -2.13. The number of hydrogen-bond donors (Lipinski definition) is 1. The van der Waals surface area contributed by atoms with Crippen LogP contribution in [0.3, 0.4) is 0 Å². The molecular weight excluding hydrogens is 386 g/mol. The molecule has 1 amide bonds. The number of ether oxygens (including phenoxy) is 3. The second-order valence-electron chi connectivity index (χ2n) is 4.47. The molecule has 2 aromatic rings. The van der Waals surface area contributed by atoms with Crippen LogP contribution in [0.15, 0.2) is 34.8 Å². The Kier molecular flexibility index (Phi) is 5.74. The first-order valence-corrected chi connectivity index (χ1v) is 7.74. The van der Waals surface area contributed by atoms with Gasteiger partial charge in [-0.05, 0) is 46.3 Å². The Morgan fingerprint density at radius 3 is 2.17 bits per heavy atom. The van der Waals surface area contributed by atoms with Crippen molar-refractivity contribution in [3.63, 3.8) is 0 Å². The highest BCUT2D eigenvalue weighted by Gasteiger charge is 2.22. The minimum Gasteiger partial charge on any atom is -0.493 e. The van der Waals surface area contributed by atoms with Crippen LogP contribution in [0.5, 0.6) is 17.2 Å². The lowest BCUT2D eigenvalue weighted by Gasteiger charge is -2.16. The molecule has 0 saturated carbocycles. The number of rotatable bonds is 5. The minimum absolute atomic E-state index is 0.321. The Morgan fingerprint density at radius 2 is 1.65 bits per heavy atom. The van der Waals surface area contributed by atoms with Gasteiger partial charge in [0.25, 0.3) is 5.91 Å². The fourth-order valence-corrected chi connectivity index (χ4v) is 2.78. The Labute approximate surface area is 147 Å². The van der Waals surface area contributed by atoms with Gasteiger partial charge in [0.05, 0.1) is 31.4 Å². The number of amides is 1. The normalized spacial score (nSPS) is 10.1. The van der Waals surface area contributed by atoms with Gasteiger partial charge in [-0.15, -0.1) is 0 Å². The summed E-state index contributed by atoms with van der Waals surface area (Å²) in [5.74, 6) is 0.866. The van der Waals surface area contributed by atoms with Crippen LogP contribution in [0, 0.1) is 0 Å². The van der Waals surface area contributed by atoms with Crippen molar-refractivity contribution in [3.8, 4) is 17.2 Å². The van der Waals surface area contributed by atoms with Crippen LogP contribution in [0.25, 0.3) is 0 Å². The third-order valence-electron chi connectivity index (χ3n) is 3.12. The van der Waals surface area contributed by atoms with E-state index < -0.39 is 0 Å². The molecule has 0 radical (unpaired) electrons. The highest BCUT2D eigenvalue weighted by molar-refractivity contribution is 9.10. The monoisotopic (exact) mass is 399 g/mol. The highest BCUT2D eigenvalue weighted by Crippen LogP contribution is 2.44. The number of halogens is 2. The predicted octanol–water partition coefficient (Wildman–Crippen LogP) is 4.38. The zero-order valence-corrected chi connectivity index (χ0v) is 15.1. The Bertz CT molecular complexity index is 719. The summed E-state index contributed by atoms with van der Waals surface area (Å²) in [6.45, 7) is 0. The topological polar surface area (TPSA) is 56.8 Å². The number of hydrogen-bond acceptors (Lipinski definition) is 4. The molecule has 122 valence electrons. The van der Waals surface area contributed by atoms with Gasteiger partial charge in [0.2, 0.25) is 5.75 Å². The second-order valence-corrected chi connectivity index (χ2v) is 5.70. The molecule has 0 saturated heterocycles. The van der Waals surface area contributed by atoms with E-state index in [1.807, 2.05) is 0 Å². The van der Waals surface area contributed by atoms with Gasteiger partial charge in [-0.3, -0.25) is 4.79 Å². The molecule has 0 aliphatic carbocycles. The summed E-state index contributed by atoms with van der Waals surface area (Å²) in [5.41, 5.74) is 0.981. The van der Waals surface area contributed by atoms with Gasteiger partial charge in [0.1, 0.15) is 0 Å². The third-order valence-corrected chi connectivity index (χ3v) is 4.16. The maximum absolute atomic E-state index is 12.5. The van der Waals surface area contributed by atoms with Gasteiger partial charge >= 0.3 is 0 Å². The smallest absolute Gasteiger partial charge is 0.257 e. The van der Waals surface area contributed by atoms with Gasteiger partial charge in [-0.2, -0.15) is 0 Å². The van der Waals surface area contributed by atoms with Crippen molar-refractivity contribution in [1.82, 2.24) is 0 Å². The molecule has 2 aromatic carbocycles. The fraction of sp³-hybridized carbons (Fsp3) is 0.188. The molecule has 1 N–H and O–H groups in total. The molecule has 23 heavy (non-hydrogen) atoms. The molecule has 0 aliphatic heterocycles. The van der Waals surface area contributed by atoms with Crippen LogP contribution in [-0.4, -0.2) is 27.2 Å². The van der Waals surface area contributed by atoms with E-state index in [-0.39, 0.29) is 5.91 Å². The van der Waals surface area contributed by atoms with Crippen molar-refractivity contribution in [2.45, 2.75) is 0 Å². The van der Waals surface area contributed by atoms with Crippen LogP contribution < -0.4 is 19.5 Å². The first-order valence-electron chi connectivity index (χ1n) is 6.57. The number of methoxy groups -OCH3 is 3. The van der Waals surface area contributed by atoms with E-state index in [9.17, 15) is 4.79 Å². The summed E-state index contributed by atoms with van der Waals surface area (Å²) in [6.07, 6.45) is 0. The molecule has 0 spiro atoms. The second kappa shape index (κ2) is 7.57. The predicted molar refractivity (Wildman–Crippen MR) is 93.2 cm³/mol. The Morgan fingerprint density at radius 1 is 1.04 bits per heavy atom. The summed E-state index contributed by atoms with van der Waals surface area (Å²) in [6, 6.07) is 8.40. The molecule has 0 aromatic heterocycles. The number of nitrogens with one attached hydrogen (secondary N) is 1. The van der Waals surface area contributed by atoms with E-state index in [1.54, 1.807) is 30.3 Å². The molecule has 2 rings (SSSR count). The van der Waals surface area contributed by atoms with Crippen LogP contribution in [0.2, 0.25) is 5.02 Å². The van der Waals surface area contributed by atoms with E-state index in [0.29, 0.717) is 38.0 Å². The Balaban J connectivity index is 2.41. The van der Waals surface area contributed by atoms with Gasteiger partial charge in [0, 0.05) is 10.7 Å². The highest BCUT2D eigenvalue weighted by atomic mass is 79.9. The molecule has 0 aliphatic rings. The van der Waals surface area contributed by atoms with E-state index in [4.69, 9.17) is 25.8 Å². The van der Waals surface area contributed by atoms with Crippen molar-refractivity contribution in [3.05, 3.63) is 45.4 Å². The van der Waals surface area contributed by atoms with Crippen LogP contribution >= 0.6 is 27.5 Å². The first kappa shape index (κ1) is 17.4. The Hall–Kier alpha value is -1.92. The van der Waals surface area contributed by atoms with Gasteiger partial charge in [-0.25, -0.2) is 0 Å². The number of benzene rings is 2. The lowest BCUT2D eigenvalue weighted by molar-refractivity contribution is 0.102. The maximum atomic E-state index is 12.5. The molecule has 0 unspecified atom stereocenters. The zero-order valence-electron chi connectivity index (χ0n) is 12.8. The minimum atomic E-state index is -0.321. The van der Waals surface area contributed by atoms with Gasteiger partial charge in [-0.1, -0.05) is 11.6 Å². The van der Waals surface area contributed by atoms with Crippen molar-refractivity contribution in [2.24, 2.45) is 0 Å². The van der Waals surface area contributed by atoms with Gasteiger partial charge < -0.3 is 19.5 Å². The molecule has 0 fully saturated rings. The maximum Gasteiger partial charge on any atom is 0.257 e. The fourth-order valence-electron chi connectivity index (χ4n) is 2.02. The number of carbonyl (C=O) groups is 1. The molecule has 0 heterocycles. The largest absolute Gasteiger partial charge is 0.493 e. The van der Waals surface area contributed by atoms with Crippen molar-refractivity contribution in [1.29, 1.82) is 0 Å². The molecule has 7 heteroatoms. The van der Waals surface area contributed by atoms with E-state index >= 15 is 0 Å². The average Bonchev–Trinajstić information content (AvgIpc) is 2.56. The molecule has 0 atom stereocenters. The SMILES string of the molecule is COc1cc(C(=O)Nc2ccc(Cl)cc2)c(Br)c(OC)c1OC. The molecule has 5 nitrogen and oxygen atoms in total. The first-order chi connectivity index (χ1) is 11.0. The standard InChI is InChI=1S/C16H15BrClNO4/c1-21-12-8-11(13(17)15(23-3)14(12)22-2)16(20)19-10-6-4-9(18)5-7-10/h4-8H,1-3H3,(H,19,20). The van der Waals surface area contributed by atoms with Crippen molar-refractivity contribution >= 4 is 39.1 Å². The van der Waals surface area contributed by atoms with E-state index in [1.165, 1.54) is 21.3 Å². The van der Waals surface area contributed by atoms with Gasteiger partial charge in [0.15, 0.2) is 11.5 Å². The van der Waals surface area contributed by atoms with Crippen molar-refractivity contribution < 1.29 is 19.0 Å². The van der Waals surface area contributed by atoms with Crippen molar-refractivity contribution in [2.75, 3.05) is 26.6 Å².